The quantitative estimate of drug-likeness (QED) is 0.128. The van der Waals surface area contributed by atoms with E-state index in [1.54, 1.807) is 0 Å². The number of aryl methyl sites for hydroxylation is 2. The van der Waals surface area contributed by atoms with Crippen LogP contribution in [0, 0.1) is 6.92 Å². The molecule has 160 valence electrons. The minimum Gasteiger partial charge on any atom is -0.308 e. The number of hydrogen-bond donors (Lipinski definition) is 0. The average Bonchev–Trinajstić information content (AvgIpc) is 3.14. The van der Waals surface area contributed by atoms with Gasteiger partial charge in [-0.3, -0.25) is 0 Å². The maximum absolute atomic E-state index is 4.95. The minimum absolute atomic E-state index is 1.11. The van der Waals surface area contributed by atoms with Gasteiger partial charge in [0.1, 0.15) is 5.52 Å². The number of para-hydroxylation sites is 1. The molecule has 0 saturated carbocycles. The van der Waals surface area contributed by atoms with Crippen LogP contribution >= 0.6 is 0 Å². The number of rotatable bonds is 1. The highest BCUT2D eigenvalue weighted by atomic mass is 28.3. The lowest BCUT2D eigenvalue weighted by Gasteiger charge is -2.20. The zero-order valence-corrected chi connectivity index (χ0v) is 20.7. The molecule has 0 radical (unpaired) electrons. The molecule has 0 fully saturated rings. The van der Waals surface area contributed by atoms with Gasteiger partial charge in [-0.25, -0.2) is 4.57 Å². The summed E-state index contributed by atoms with van der Waals surface area (Å²) in [5, 5.41) is 9.46. The first-order valence-electron chi connectivity index (χ1n) is 11.6. The Morgan fingerprint density at radius 1 is 0.818 bits per heavy atom. The van der Waals surface area contributed by atoms with Crippen molar-refractivity contribution in [1.29, 1.82) is 0 Å². The molecule has 0 N–H and O–H groups in total. The number of fused-ring (bicyclic) bond motifs is 7. The molecule has 0 aliphatic rings. The van der Waals surface area contributed by atoms with Crippen molar-refractivity contribution < 1.29 is 4.57 Å². The van der Waals surface area contributed by atoms with E-state index < -0.39 is 8.07 Å². The molecule has 4 aromatic carbocycles. The summed E-state index contributed by atoms with van der Waals surface area (Å²) >= 11 is 0. The molecule has 3 heterocycles. The number of hydrogen-bond acceptors (Lipinski definition) is 1. The van der Waals surface area contributed by atoms with Crippen molar-refractivity contribution in [3.8, 4) is 0 Å². The second-order valence-electron chi connectivity index (χ2n) is 10.5. The molecule has 3 nitrogen and oxygen atoms in total. The van der Waals surface area contributed by atoms with Gasteiger partial charge in [0, 0.05) is 16.2 Å². The third-order valence-electron chi connectivity index (χ3n) is 7.45. The molecule has 7 aromatic rings. The summed E-state index contributed by atoms with van der Waals surface area (Å²) in [6.07, 6.45) is 1.99. The Labute approximate surface area is 193 Å². The topological polar surface area (TPSA) is 21.2 Å². The second-order valence-corrected chi connectivity index (χ2v) is 15.5. The first-order chi connectivity index (χ1) is 15.9. The smallest absolute Gasteiger partial charge is 0.287 e. The molecule has 0 aliphatic heterocycles. The van der Waals surface area contributed by atoms with Crippen LogP contribution in [0.15, 0.2) is 67.0 Å². The summed E-state index contributed by atoms with van der Waals surface area (Å²) in [6.45, 7) is 9.61. The maximum Gasteiger partial charge on any atom is 0.287 e. The molecule has 0 spiro atoms. The van der Waals surface area contributed by atoms with Crippen molar-refractivity contribution >= 4 is 73.2 Å². The van der Waals surface area contributed by atoms with Crippen LogP contribution in [0.25, 0.3) is 59.9 Å². The number of pyridine rings is 1. The minimum atomic E-state index is -1.63. The third-order valence-corrected chi connectivity index (χ3v) is 9.46. The van der Waals surface area contributed by atoms with Crippen LogP contribution < -0.4 is 9.75 Å². The van der Waals surface area contributed by atoms with Gasteiger partial charge < -0.3 is 4.40 Å². The van der Waals surface area contributed by atoms with E-state index in [9.17, 15) is 0 Å². The number of benzene rings is 4. The molecular weight excluding hydrogens is 418 g/mol. The van der Waals surface area contributed by atoms with Gasteiger partial charge in [-0.15, -0.1) is 0 Å². The van der Waals surface area contributed by atoms with E-state index >= 15 is 0 Å². The Morgan fingerprint density at radius 2 is 1.55 bits per heavy atom. The molecule has 7 rings (SSSR count). The van der Waals surface area contributed by atoms with Crippen LogP contribution in [0.5, 0.6) is 0 Å². The van der Waals surface area contributed by atoms with Crippen LogP contribution in [-0.2, 0) is 7.05 Å². The molecule has 0 aliphatic carbocycles. The van der Waals surface area contributed by atoms with Gasteiger partial charge in [0.25, 0.3) is 6.33 Å². The molecular formula is C29H26N3Si+. The summed E-state index contributed by atoms with van der Waals surface area (Å²) in [4.78, 5) is 4.95. The Hall–Kier alpha value is -3.50. The molecule has 0 saturated heterocycles. The second kappa shape index (κ2) is 6.09. The van der Waals surface area contributed by atoms with Crippen molar-refractivity contribution in [2.24, 2.45) is 7.05 Å². The van der Waals surface area contributed by atoms with Gasteiger partial charge in [0.05, 0.1) is 37.1 Å². The Balaban J connectivity index is 1.96. The van der Waals surface area contributed by atoms with Gasteiger partial charge in [-0.05, 0) is 51.6 Å². The van der Waals surface area contributed by atoms with Gasteiger partial charge in [0.15, 0.2) is 5.52 Å². The van der Waals surface area contributed by atoms with Crippen LogP contribution in [-0.4, -0.2) is 17.5 Å². The van der Waals surface area contributed by atoms with Crippen molar-refractivity contribution in [3.05, 3.63) is 72.6 Å². The standard InChI is InChI=1S/C29H26N3Si/c1-17-19-11-7-6-10-18(19)14-23-25(17)28-27-21(30-16-31(28)2)15-24(33(3,4)5)26-20-12-8-9-13-22(20)32(23)29(26)27/h6-16H,1-5H3/q+1. The first kappa shape index (κ1) is 19.0. The van der Waals surface area contributed by atoms with E-state index in [0.29, 0.717) is 0 Å². The summed E-state index contributed by atoms with van der Waals surface area (Å²) in [5.74, 6) is 0. The van der Waals surface area contributed by atoms with E-state index in [-0.39, 0.29) is 0 Å². The fraction of sp³-hybridized carbons (Fsp3) is 0.172. The van der Waals surface area contributed by atoms with Gasteiger partial charge in [0.2, 0.25) is 0 Å². The normalized spacial score (nSPS) is 13.0. The van der Waals surface area contributed by atoms with Crippen LogP contribution in [0.3, 0.4) is 0 Å². The van der Waals surface area contributed by atoms with Crippen molar-refractivity contribution in [2.45, 2.75) is 26.6 Å². The molecule has 33 heavy (non-hydrogen) atoms. The van der Waals surface area contributed by atoms with E-state index in [2.05, 4.69) is 103 Å². The zero-order chi connectivity index (χ0) is 22.6. The SMILES string of the molecule is Cc1c2ccccc2cc2c1c1c3c(cc([Si](C)(C)C)c4c5ccccc5n2c43)nc[n+]1C. The largest absolute Gasteiger partial charge is 0.308 e. The predicted octanol–water partition coefficient (Wildman–Crippen LogP) is 6.22. The maximum atomic E-state index is 4.95. The van der Waals surface area contributed by atoms with Gasteiger partial charge >= 0.3 is 0 Å². The summed E-state index contributed by atoms with van der Waals surface area (Å²) in [6, 6.07) is 22.5. The van der Waals surface area contributed by atoms with Crippen LogP contribution in [0.4, 0.5) is 0 Å². The molecule has 4 heteroatoms. The molecule has 0 atom stereocenters. The lowest BCUT2D eigenvalue weighted by Crippen LogP contribution is -2.38. The zero-order valence-electron chi connectivity index (χ0n) is 19.7. The fourth-order valence-corrected chi connectivity index (χ4v) is 7.57. The highest BCUT2D eigenvalue weighted by Crippen LogP contribution is 2.41. The van der Waals surface area contributed by atoms with E-state index in [0.717, 1.165) is 5.52 Å². The molecule has 0 amide bonds. The lowest BCUT2D eigenvalue weighted by atomic mass is 9.97. The van der Waals surface area contributed by atoms with E-state index in [4.69, 9.17) is 4.98 Å². The molecule has 0 bridgehead atoms. The Morgan fingerprint density at radius 3 is 2.33 bits per heavy atom. The summed E-state index contributed by atoms with van der Waals surface area (Å²) < 4.78 is 4.75. The van der Waals surface area contributed by atoms with Crippen molar-refractivity contribution in [1.82, 2.24) is 9.38 Å². The first-order valence-corrected chi connectivity index (χ1v) is 15.1. The Kier molecular flexibility index (Phi) is 3.51. The summed E-state index contributed by atoms with van der Waals surface area (Å²) in [5.41, 5.74) is 7.60. The highest BCUT2D eigenvalue weighted by molar-refractivity contribution is 6.91. The van der Waals surface area contributed by atoms with Crippen molar-refractivity contribution in [3.63, 3.8) is 0 Å². The average molecular weight is 445 g/mol. The highest BCUT2D eigenvalue weighted by Gasteiger charge is 2.30. The van der Waals surface area contributed by atoms with E-state index in [1.807, 2.05) is 6.33 Å². The lowest BCUT2D eigenvalue weighted by molar-refractivity contribution is -0.646. The van der Waals surface area contributed by atoms with E-state index in [1.165, 1.54) is 65.1 Å². The number of nitrogens with zero attached hydrogens (tertiary/aromatic N) is 3. The molecule has 0 unspecified atom stereocenters. The Bertz CT molecular complexity index is 1920. The number of aromatic nitrogens is 3. The monoisotopic (exact) mass is 444 g/mol. The van der Waals surface area contributed by atoms with Crippen molar-refractivity contribution in [2.75, 3.05) is 0 Å². The molecule has 3 aromatic heterocycles. The van der Waals surface area contributed by atoms with Gasteiger partial charge in [-0.2, -0.15) is 0 Å². The van der Waals surface area contributed by atoms with Gasteiger partial charge in [-0.1, -0.05) is 62.1 Å². The van der Waals surface area contributed by atoms with Crippen LogP contribution in [0.1, 0.15) is 5.56 Å². The third kappa shape index (κ3) is 2.29. The predicted molar refractivity (Wildman–Crippen MR) is 143 cm³/mol. The summed E-state index contributed by atoms with van der Waals surface area (Å²) in [7, 11) is 0.504. The van der Waals surface area contributed by atoms with Crippen LogP contribution in [0.2, 0.25) is 19.6 Å². The fourth-order valence-electron chi connectivity index (χ4n) is 6.00.